The lowest BCUT2D eigenvalue weighted by Gasteiger charge is -2.24. The highest BCUT2D eigenvalue weighted by Crippen LogP contribution is 2.18. The summed E-state index contributed by atoms with van der Waals surface area (Å²) in [4.78, 5) is 0. The molecule has 1 saturated heterocycles. The Morgan fingerprint density at radius 2 is 1.69 bits per heavy atom. The second kappa shape index (κ2) is 3.98. The summed E-state index contributed by atoms with van der Waals surface area (Å²) in [5, 5.41) is 5.04. The van der Waals surface area contributed by atoms with Crippen LogP contribution in [0.2, 0.25) is 0 Å². The van der Waals surface area contributed by atoms with Crippen LogP contribution in [0.3, 0.4) is 0 Å². The molecule has 5 heteroatoms. The van der Waals surface area contributed by atoms with Gasteiger partial charge in [0.2, 0.25) is 0 Å². The number of hydrazone groups is 1. The van der Waals surface area contributed by atoms with Gasteiger partial charge in [-0.15, -0.1) is 0 Å². The SMILES string of the molecule is C/C(=N\N1CCCCC1)C(F)(F)F. The van der Waals surface area contributed by atoms with Crippen LogP contribution in [0, 0.1) is 0 Å². The predicted molar refractivity (Wildman–Crippen MR) is 44.6 cm³/mol. The Balaban J connectivity index is 2.53. The molecule has 0 spiro atoms. The van der Waals surface area contributed by atoms with Gasteiger partial charge in [-0.3, -0.25) is 5.01 Å². The van der Waals surface area contributed by atoms with Crippen molar-refractivity contribution in [3.63, 3.8) is 0 Å². The maximum Gasteiger partial charge on any atom is 0.430 e. The average molecular weight is 194 g/mol. The van der Waals surface area contributed by atoms with E-state index in [-0.39, 0.29) is 0 Å². The lowest BCUT2D eigenvalue weighted by Crippen LogP contribution is -2.29. The molecule has 0 radical (unpaired) electrons. The van der Waals surface area contributed by atoms with E-state index in [9.17, 15) is 13.2 Å². The number of alkyl halides is 3. The molecule has 0 amide bonds. The second-order valence-corrected chi connectivity index (χ2v) is 3.20. The first-order chi connectivity index (χ1) is 6.00. The molecule has 1 aliphatic heterocycles. The topological polar surface area (TPSA) is 15.6 Å². The van der Waals surface area contributed by atoms with Gasteiger partial charge in [-0.1, -0.05) is 0 Å². The minimum absolute atomic E-state index is 0.646. The highest BCUT2D eigenvalue weighted by Gasteiger charge is 2.32. The van der Waals surface area contributed by atoms with E-state index in [0.29, 0.717) is 13.1 Å². The Hall–Kier alpha value is -0.740. The number of halogens is 3. The van der Waals surface area contributed by atoms with E-state index in [4.69, 9.17) is 0 Å². The normalized spacial score (nSPS) is 20.6. The van der Waals surface area contributed by atoms with E-state index in [0.717, 1.165) is 26.2 Å². The molecule has 13 heavy (non-hydrogen) atoms. The number of hydrogen-bond acceptors (Lipinski definition) is 2. The molecule has 1 heterocycles. The summed E-state index contributed by atoms with van der Waals surface area (Å²) < 4.78 is 36.1. The lowest BCUT2D eigenvalue weighted by molar-refractivity contribution is -0.0608. The number of hydrogen-bond donors (Lipinski definition) is 0. The van der Waals surface area contributed by atoms with Gasteiger partial charge in [0.05, 0.1) is 0 Å². The van der Waals surface area contributed by atoms with Crippen LogP contribution in [0.4, 0.5) is 13.2 Å². The van der Waals surface area contributed by atoms with Crippen molar-refractivity contribution in [2.45, 2.75) is 32.4 Å². The van der Waals surface area contributed by atoms with Crippen LogP contribution >= 0.6 is 0 Å². The zero-order chi connectivity index (χ0) is 9.90. The summed E-state index contributed by atoms with van der Waals surface area (Å²) in [6, 6.07) is 0. The molecule has 1 aliphatic rings. The van der Waals surface area contributed by atoms with Crippen LogP contribution in [0.5, 0.6) is 0 Å². The molecule has 0 unspecified atom stereocenters. The van der Waals surface area contributed by atoms with Gasteiger partial charge in [0.15, 0.2) is 0 Å². The first-order valence-corrected chi connectivity index (χ1v) is 4.37. The monoisotopic (exact) mass is 194 g/mol. The molecule has 0 saturated carbocycles. The molecule has 1 rings (SSSR count). The molecular weight excluding hydrogens is 181 g/mol. The van der Waals surface area contributed by atoms with Crippen molar-refractivity contribution >= 4 is 5.71 Å². The van der Waals surface area contributed by atoms with Crippen molar-refractivity contribution < 1.29 is 13.2 Å². The minimum atomic E-state index is -4.28. The standard InChI is InChI=1S/C8H13F3N2/c1-7(8(9,10)11)12-13-5-3-2-4-6-13/h2-6H2,1H3/b12-7+. The van der Waals surface area contributed by atoms with Crippen molar-refractivity contribution in [1.29, 1.82) is 0 Å². The number of nitrogens with zero attached hydrogens (tertiary/aromatic N) is 2. The molecule has 0 N–H and O–H groups in total. The molecule has 0 bridgehead atoms. The van der Waals surface area contributed by atoms with Gasteiger partial charge in [-0.05, 0) is 26.2 Å². The van der Waals surface area contributed by atoms with Gasteiger partial charge in [-0.25, -0.2) is 0 Å². The Morgan fingerprint density at radius 3 is 2.15 bits per heavy atom. The zero-order valence-corrected chi connectivity index (χ0v) is 7.56. The molecule has 0 aliphatic carbocycles. The van der Waals surface area contributed by atoms with Crippen molar-refractivity contribution in [1.82, 2.24) is 5.01 Å². The van der Waals surface area contributed by atoms with Gasteiger partial charge in [0.25, 0.3) is 0 Å². The van der Waals surface area contributed by atoms with E-state index < -0.39 is 11.9 Å². The van der Waals surface area contributed by atoms with Crippen molar-refractivity contribution in [2.24, 2.45) is 5.10 Å². The first-order valence-electron chi connectivity index (χ1n) is 4.37. The Morgan fingerprint density at radius 1 is 1.15 bits per heavy atom. The molecular formula is C8H13F3N2. The summed E-state index contributed by atoms with van der Waals surface area (Å²) in [6.07, 6.45) is -1.31. The van der Waals surface area contributed by atoms with Crippen LogP contribution in [-0.2, 0) is 0 Å². The maximum absolute atomic E-state index is 12.0. The second-order valence-electron chi connectivity index (χ2n) is 3.20. The third-order valence-corrected chi connectivity index (χ3v) is 2.03. The summed E-state index contributed by atoms with van der Waals surface area (Å²) >= 11 is 0. The van der Waals surface area contributed by atoms with Crippen LogP contribution in [0.15, 0.2) is 5.10 Å². The summed E-state index contributed by atoms with van der Waals surface area (Å²) in [5.74, 6) is 0. The van der Waals surface area contributed by atoms with Crippen molar-refractivity contribution in [3.8, 4) is 0 Å². The van der Waals surface area contributed by atoms with Gasteiger partial charge in [0, 0.05) is 13.1 Å². The van der Waals surface area contributed by atoms with Gasteiger partial charge < -0.3 is 0 Å². The van der Waals surface area contributed by atoms with E-state index in [1.807, 2.05) is 0 Å². The smallest absolute Gasteiger partial charge is 0.297 e. The quantitative estimate of drug-likeness (QED) is 0.585. The van der Waals surface area contributed by atoms with Crippen LogP contribution < -0.4 is 0 Å². The highest BCUT2D eigenvalue weighted by atomic mass is 19.4. The molecule has 0 aromatic carbocycles. The molecule has 0 aromatic rings. The summed E-state index contributed by atoms with van der Waals surface area (Å²) in [5.41, 5.74) is -0.755. The molecule has 0 aromatic heterocycles. The van der Waals surface area contributed by atoms with Crippen molar-refractivity contribution in [2.75, 3.05) is 13.1 Å². The minimum Gasteiger partial charge on any atom is -0.297 e. The molecule has 2 nitrogen and oxygen atoms in total. The zero-order valence-electron chi connectivity index (χ0n) is 7.56. The summed E-state index contributed by atoms with van der Waals surface area (Å²) in [7, 11) is 0. The third-order valence-electron chi connectivity index (χ3n) is 2.03. The summed E-state index contributed by atoms with van der Waals surface area (Å²) in [6.45, 7) is 2.30. The largest absolute Gasteiger partial charge is 0.430 e. The van der Waals surface area contributed by atoms with Crippen LogP contribution in [0.25, 0.3) is 0 Å². The van der Waals surface area contributed by atoms with Gasteiger partial charge in [-0.2, -0.15) is 18.3 Å². The Labute approximate surface area is 75.4 Å². The third kappa shape index (κ3) is 3.24. The fourth-order valence-electron chi connectivity index (χ4n) is 1.25. The van der Waals surface area contributed by atoms with Crippen LogP contribution in [-0.4, -0.2) is 30.0 Å². The molecule has 76 valence electrons. The maximum atomic E-state index is 12.0. The average Bonchev–Trinajstić information content (AvgIpc) is 2.04. The predicted octanol–water partition coefficient (Wildman–Crippen LogP) is 2.41. The molecule has 1 fully saturated rings. The number of rotatable bonds is 1. The molecule has 0 atom stereocenters. The Kier molecular flexibility index (Phi) is 3.17. The lowest BCUT2D eigenvalue weighted by atomic mass is 10.2. The highest BCUT2D eigenvalue weighted by molar-refractivity contribution is 5.87. The fourth-order valence-corrected chi connectivity index (χ4v) is 1.25. The fraction of sp³-hybridized carbons (Fsp3) is 0.875. The van der Waals surface area contributed by atoms with E-state index in [1.54, 1.807) is 0 Å². The first kappa shape index (κ1) is 10.3. The van der Waals surface area contributed by atoms with E-state index in [1.165, 1.54) is 5.01 Å². The van der Waals surface area contributed by atoms with Gasteiger partial charge >= 0.3 is 6.18 Å². The number of piperidine rings is 1. The van der Waals surface area contributed by atoms with Gasteiger partial charge in [0.1, 0.15) is 5.71 Å². The van der Waals surface area contributed by atoms with Crippen LogP contribution in [0.1, 0.15) is 26.2 Å². The van der Waals surface area contributed by atoms with E-state index >= 15 is 0 Å². The van der Waals surface area contributed by atoms with E-state index in [2.05, 4.69) is 5.10 Å². The van der Waals surface area contributed by atoms with Crippen molar-refractivity contribution in [3.05, 3.63) is 0 Å². The Bertz CT molecular complexity index is 192.